The Morgan fingerprint density at radius 1 is 1.38 bits per heavy atom. The average molecular weight is 293 g/mol. The number of ether oxygens (including phenoxy) is 1. The van der Waals surface area contributed by atoms with Crippen LogP contribution >= 0.6 is 0 Å². The lowest BCUT2D eigenvalue weighted by molar-refractivity contribution is 0.0696. The molecule has 1 aliphatic rings. The zero-order valence-corrected chi connectivity index (χ0v) is 12.7. The zero-order valence-electron chi connectivity index (χ0n) is 12.7. The molecule has 0 spiro atoms. The highest BCUT2D eigenvalue weighted by Crippen LogP contribution is 2.22. The molecule has 6 nitrogen and oxygen atoms in total. The highest BCUT2D eigenvalue weighted by atomic mass is 16.5. The van der Waals surface area contributed by atoms with Gasteiger partial charge in [0, 0.05) is 19.8 Å². The smallest absolute Gasteiger partial charge is 0.339 e. The van der Waals surface area contributed by atoms with Gasteiger partial charge in [-0.05, 0) is 37.2 Å². The van der Waals surface area contributed by atoms with E-state index < -0.39 is 5.97 Å². The first-order chi connectivity index (χ1) is 10.2. The van der Waals surface area contributed by atoms with Crippen LogP contribution in [0.4, 0.5) is 5.82 Å². The number of aromatic carboxylic acids is 1. The number of carbonyl (C=O) groups is 1. The second-order valence-electron chi connectivity index (χ2n) is 5.31. The summed E-state index contributed by atoms with van der Waals surface area (Å²) in [5, 5.41) is 20.8. The number of hydrogen-bond donors (Lipinski definition) is 2. The van der Waals surface area contributed by atoms with Crippen molar-refractivity contribution in [1.82, 2.24) is 10.2 Å². The van der Waals surface area contributed by atoms with E-state index in [0.29, 0.717) is 31.1 Å². The minimum atomic E-state index is -0.942. The van der Waals surface area contributed by atoms with Crippen molar-refractivity contribution in [2.24, 2.45) is 5.92 Å². The molecule has 2 rings (SSSR count). The first-order valence-corrected chi connectivity index (χ1v) is 7.60. The van der Waals surface area contributed by atoms with Gasteiger partial charge in [0.2, 0.25) is 0 Å². The summed E-state index contributed by atoms with van der Waals surface area (Å²) in [6.45, 7) is 6.23. The third-order valence-electron chi connectivity index (χ3n) is 3.93. The summed E-state index contributed by atoms with van der Waals surface area (Å²) < 4.78 is 5.34. The minimum Gasteiger partial charge on any atom is -0.478 e. The molecule has 1 aromatic rings. The number of rotatable bonds is 7. The molecule has 2 heterocycles. The summed E-state index contributed by atoms with van der Waals surface area (Å²) in [5.74, 6) is -0.00193. The van der Waals surface area contributed by atoms with Crippen LogP contribution in [0.2, 0.25) is 0 Å². The molecule has 0 aromatic carbocycles. The molecule has 0 amide bonds. The maximum Gasteiger partial charge on any atom is 0.339 e. The lowest BCUT2D eigenvalue weighted by Crippen LogP contribution is -2.17. The molecule has 1 unspecified atom stereocenters. The Bertz CT molecular complexity index is 499. The molecular formula is C15H23N3O3. The van der Waals surface area contributed by atoms with Crippen LogP contribution in [0.5, 0.6) is 0 Å². The van der Waals surface area contributed by atoms with E-state index in [-0.39, 0.29) is 5.56 Å². The molecule has 21 heavy (non-hydrogen) atoms. The first kappa shape index (κ1) is 15.7. The lowest BCUT2D eigenvalue weighted by atomic mass is 10.0. The molecule has 116 valence electrons. The van der Waals surface area contributed by atoms with Gasteiger partial charge >= 0.3 is 5.97 Å². The summed E-state index contributed by atoms with van der Waals surface area (Å²) in [6, 6.07) is 0. The van der Waals surface area contributed by atoms with Gasteiger partial charge in [-0.1, -0.05) is 13.8 Å². The Labute approximate surface area is 124 Å². The fourth-order valence-corrected chi connectivity index (χ4v) is 2.73. The van der Waals surface area contributed by atoms with E-state index in [1.54, 1.807) is 0 Å². The molecule has 6 heteroatoms. The predicted octanol–water partition coefficient (Wildman–Crippen LogP) is 2.14. The second kappa shape index (κ2) is 7.36. The van der Waals surface area contributed by atoms with Crippen LogP contribution in [0, 0.1) is 5.92 Å². The number of anilines is 1. The maximum atomic E-state index is 11.6. The third-order valence-corrected chi connectivity index (χ3v) is 3.93. The van der Waals surface area contributed by atoms with E-state index in [0.717, 1.165) is 37.3 Å². The molecule has 0 saturated carbocycles. The Hall–Kier alpha value is -1.69. The van der Waals surface area contributed by atoms with Crippen LogP contribution in [0.15, 0.2) is 0 Å². The lowest BCUT2D eigenvalue weighted by Gasteiger charge is -2.14. The third kappa shape index (κ3) is 3.69. The molecule has 2 N–H and O–H groups in total. The Balaban J connectivity index is 2.12. The van der Waals surface area contributed by atoms with E-state index in [1.165, 1.54) is 0 Å². The molecular weight excluding hydrogens is 270 g/mol. The zero-order chi connectivity index (χ0) is 15.2. The van der Waals surface area contributed by atoms with Crippen molar-refractivity contribution in [1.29, 1.82) is 0 Å². The van der Waals surface area contributed by atoms with Gasteiger partial charge in [0.15, 0.2) is 5.82 Å². The normalized spacial score (nSPS) is 17.9. The van der Waals surface area contributed by atoms with Crippen molar-refractivity contribution in [3.63, 3.8) is 0 Å². The molecule has 1 aliphatic heterocycles. The molecule has 1 aromatic heterocycles. The first-order valence-electron chi connectivity index (χ1n) is 7.60. The Morgan fingerprint density at radius 3 is 2.76 bits per heavy atom. The fraction of sp³-hybridized carbons (Fsp3) is 0.667. The van der Waals surface area contributed by atoms with Crippen LogP contribution in [-0.2, 0) is 17.6 Å². The number of carboxylic acid groups (broad SMARTS) is 1. The van der Waals surface area contributed by atoms with Crippen molar-refractivity contribution in [3.05, 3.63) is 16.8 Å². The van der Waals surface area contributed by atoms with E-state index in [2.05, 4.69) is 15.5 Å². The summed E-state index contributed by atoms with van der Waals surface area (Å²) in [7, 11) is 0. The van der Waals surface area contributed by atoms with Crippen LogP contribution < -0.4 is 5.32 Å². The van der Waals surface area contributed by atoms with Crippen molar-refractivity contribution in [2.45, 2.75) is 39.5 Å². The van der Waals surface area contributed by atoms with Crippen LogP contribution in [0.3, 0.4) is 0 Å². The molecule has 1 atom stereocenters. The fourth-order valence-electron chi connectivity index (χ4n) is 2.73. The molecule has 0 aliphatic carbocycles. The van der Waals surface area contributed by atoms with Gasteiger partial charge in [-0.2, -0.15) is 5.10 Å². The van der Waals surface area contributed by atoms with Gasteiger partial charge in [0.05, 0.1) is 5.69 Å². The van der Waals surface area contributed by atoms with Crippen molar-refractivity contribution < 1.29 is 14.6 Å². The maximum absolute atomic E-state index is 11.6. The van der Waals surface area contributed by atoms with E-state index in [9.17, 15) is 9.90 Å². The summed E-state index contributed by atoms with van der Waals surface area (Å²) in [6.07, 6.45) is 3.37. The van der Waals surface area contributed by atoms with E-state index in [1.807, 2.05) is 13.8 Å². The van der Waals surface area contributed by atoms with Gasteiger partial charge in [-0.3, -0.25) is 0 Å². The van der Waals surface area contributed by atoms with Gasteiger partial charge in [0.25, 0.3) is 0 Å². The van der Waals surface area contributed by atoms with Crippen molar-refractivity contribution >= 4 is 11.8 Å². The highest BCUT2D eigenvalue weighted by Gasteiger charge is 2.21. The van der Waals surface area contributed by atoms with Gasteiger partial charge in [-0.25, -0.2) is 4.79 Å². The van der Waals surface area contributed by atoms with E-state index >= 15 is 0 Å². The number of nitrogens with zero attached hydrogens (tertiary/aromatic N) is 2. The minimum absolute atomic E-state index is 0.270. The Morgan fingerprint density at radius 2 is 2.19 bits per heavy atom. The number of aryl methyl sites for hydroxylation is 1. The largest absolute Gasteiger partial charge is 0.478 e. The van der Waals surface area contributed by atoms with Crippen molar-refractivity contribution in [2.75, 3.05) is 25.1 Å². The number of carboxylic acids is 1. The monoisotopic (exact) mass is 293 g/mol. The van der Waals surface area contributed by atoms with Crippen molar-refractivity contribution in [3.8, 4) is 0 Å². The highest BCUT2D eigenvalue weighted by molar-refractivity contribution is 5.95. The summed E-state index contributed by atoms with van der Waals surface area (Å²) in [4.78, 5) is 11.6. The topological polar surface area (TPSA) is 84.3 Å². The number of aromatic nitrogens is 2. The van der Waals surface area contributed by atoms with Gasteiger partial charge in [0.1, 0.15) is 5.56 Å². The summed E-state index contributed by atoms with van der Waals surface area (Å²) in [5.41, 5.74) is 1.82. The number of hydrogen-bond acceptors (Lipinski definition) is 5. The van der Waals surface area contributed by atoms with E-state index in [4.69, 9.17) is 4.74 Å². The average Bonchev–Trinajstić information content (AvgIpc) is 2.99. The number of nitrogens with one attached hydrogen (secondary N) is 1. The molecule has 1 fully saturated rings. The molecule has 0 bridgehead atoms. The van der Waals surface area contributed by atoms with Gasteiger partial charge < -0.3 is 15.2 Å². The standard InChI is InChI=1S/C15H23N3O3/c1-3-11-12(4-2)17-18-14(13(11)15(19)20)16-7-5-10-6-8-21-9-10/h10H,3-9H2,1-2H3,(H,16,18)(H,19,20). The SMILES string of the molecule is CCc1nnc(NCCC2CCOC2)c(C(=O)O)c1CC. The second-order valence-corrected chi connectivity index (χ2v) is 5.31. The van der Waals surface area contributed by atoms with Crippen LogP contribution in [-0.4, -0.2) is 41.0 Å². The quantitative estimate of drug-likeness (QED) is 0.801. The van der Waals surface area contributed by atoms with Gasteiger partial charge in [-0.15, -0.1) is 5.10 Å². The van der Waals surface area contributed by atoms with Crippen LogP contribution in [0.25, 0.3) is 0 Å². The Kier molecular flexibility index (Phi) is 5.50. The molecule has 0 radical (unpaired) electrons. The predicted molar refractivity (Wildman–Crippen MR) is 79.8 cm³/mol. The summed E-state index contributed by atoms with van der Waals surface area (Å²) >= 11 is 0. The van der Waals surface area contributed by atoms with Crippen LogP contribution in [0.1, 0.15) is 48.3 Å². The molecule has 1 saturated heterocycles.